The third kappa shape index (κ3) is 31.4. The Morgan fingerprint density at radius 2 is 1.82 bits per heavy atom. The Bertz CT molecular complexity index is 220. The maximum Gasteiger partial charge on any atom is 0.0697 e. The van der Waals surface area contributed by atoms with Gasteiger partial charge in [0.1, 0.15) is 0 Å². The van der Waals surface area contributed by atoms with Gasteiger partial charge >= 0.3 is 0 Å². The first-order chi connectivity index (χ1) is 7.06. The number of hydrogen-bond acceptors (Lipinski definition) is 2. The number of nitroso groups, excluding NO2 is 1. The molecule has 102 valence electrons. The van der Waals surface area contributed by atoms with Crippen LogP contribution in [0.3, 0.4) is 0 Å². The van der Waals surface area contributed by atoms with E-state index >= 15 is 0 Å². The molecule has 2 atom stereocenters. The second-order valence-corrected chi connectivity index (χ2v) is 6.42. The van der Waals surface area contributed by atoms with Gasteiger partial charge in [0, 0.05) is 42.4 Å². The largest absolute Gasteiger partial charge is 0.577 e. The summed E-state index contributed by atoms with van der Waals surface area (Å²) in [5, 5.41) is 8.42. The number of nitrogens with zero attached hydrogens (tertiary/aromatic N) is 2. The normalized spacial score (nSPS) is 20.3. The van der Waals surface area contributed by atoms with Crippen LogP contribution in [-0.2, 0) is 21.1 Å². The van der Waals surface area contributed by atoms with Gasteiger partial charge in [-0.15, -0.1) is 0 Å². The Hall–Kier alpha value is -0.0517. The molecule has 0 heterocycles. The van der Waals surface area contributed by atoms with E-state index in [0.717, 1.165) is 6.42 Å². The van der Waals surface area contributed by atoms with Gasteiger partial charge in [-0.1, -0.05) is 12.2 Å². The predicted molar refractivity (Wildman–Crippen MR) is 77.7 cm³/mol. The fourth-order valence-electron chi connectivity index (χ4n) is 0.789. The van der Waals surface area contributed by atoms with Crippen molar-refractivity contribution in [1.82, 2.24) is 0 Å². The average molecular weight is 429 g/mol. The number of hydrogen-bond donors (Lipinski definition) is 0. The Kier molecular flexibility index (Phi) is 37.8. The van der Waals surface area contributed by atoms with Crippen LogP contribution in [0.1, 0.15) is 20.6 Å². The Morgan fingerprint density at radius 3 is 2.06 bits per heavy atom. The van der Waals surface area contributed by atoms with Crippen LogP contribution in [0.5, 0.6) is 0 Å². The van der Waals surface area contributed by atoms with E-state index in [1.807, 2.05) is 12.2 Å². The summed E-state index contributed by atoms with van der Waals surface area (Å²) >= 11 is 0. The minimum Gasteiger partial charge on any atom is -0.577 e. The van der Waals surface area contributed by atoms with Crippen molar-refractivity contribution in [3.63, 3.8) is 0 Å². The van der Waals surface area contributed by atoms with Crippen molar-refractivity contribution in [2.45, 2.75) is 19.2 Å². The van der Waals surface area contributed by atoms with E-state index in [0.29, 0.717) is 6.42 Å². The van der Waals surface area contributed by atoms with E-state index in [9.17, 15) is 0 Å². The predicted octanol–water partition coefficient (Wildman–Crippen LogP) is 4.18. The van der Waals surface area contributed by atoms with Crippen LogP contribution in [0.2, 0.25) is 0 Å². The monoisotopic (exact) mass is 429 g/mol. The molecule has 17 heavy (non-hydrogen) atoms. The average Bonchev–Trinajstić information content (AvgIpc) is 2.20. The van der Waals surface area contributed by atoms with Crippen LogP contribution in [0, 0.1) is 37.0 Å². The summed E-state index contributed by atoms with van der Waals surface area (Å²) in [5.41, 5.74) is 5.75. The van der Waals surface area contributed by atoms with E-state index in [1.165, 1.54) is 0 Å². The topological polar surface area (TPSA) is 63.2 Å². The van der Waals surface area contributed by atoms with Crippen LogP contribution in [0.15, 0.2) is 12.2 Å². The van der Waals surface area contributed by atoms with Gasteiger partial charge in [0.25, 0.3) is 0 Å². The van der Waals surface area contributed by atoms with E-state index in [4.69, 9.17) is 17.1 Å². The molecular weight excluding hydrogens is 403 g/mol. The summed E-state index contributed by atoms with van der Waals surface area (Å²) in [7, 11) is 0.120. The van der Waals surface area contributed by atoms with Gasteiger partial charge in [-0.2, -0.15) is 5.26 Å². The van der Waals surface area contributed by atoms with E-state index < -0.39 is 0 Å². The zero-order valence-electron chi connectivity index (χ0n) is 12.4. The minimum atomic E-state index is -0.0420. The molecule has 0 amide bonds. The van der Waals surface area contributed by atoms with Gasteiger partial charge in [-0.3, -0.25) is 0 Å². The number of allylic oxidation sites excluding steroid dienone is 2. The Morgan fingerprint density at radius 1 is 1.41 bits per heavy atom. The molecule has 0 fully saturated rings. The molecule has 5 heteroatoms. The summed E-state index contributed by atoms with van der Waals surface area (Å²) < 4.78 is 7.30. The maximum absolute atomic E-state index is 8.42. The summed E-state index contributed by atoms with van der Waals surface area (Å²) in [6.45, 7) is 6.81. The summed E-state index contributed by atoms with van der Waals surface area (Å²) in [6, 6.07) is 2.13. The molecule has 1 aliphatic carbocycles. The summed E-state index contributed by atoms with van der Waals surface area (Å²) in [4.78, 5) is 7.25. The van der Waals surface area contributed by atoms with Crippen LogP contribution in [0.25, 0.3) is 5.59 Å². The van der Waals surface area contributed by atoms with Gasteiger partial charge in [0.2, 0.25) is 0 Å². The SMILES string of the molecule is C[PH+](C)C.[2H][C@@H]1CC=C[C@H](C#N)C1.[CH3-].[CH3-].[N-]=O.[W]. The molecule has 0 bridgehead atoms. The van der Waals surface area contributed by atoms with Crippen molar-refractivity contribution in [2.24, 2.45) is 5.92 Å². The molecule has 0 spiro atoms. The maximum atomic E-state index is 8.42. The molecule has 1 aliphatic rings. The second-order valence-electron chi connectivity index (χ2n) is 3.42. The van der Waals surface area contributed by atoms with Crippen LogP contribution in [0.4, 0.5) is 0 Å². The van der Waals surface area contributed by atoms with Gasteiger partial charge < -0.3 is 25.4 Å². The van der Waals surface area contributed by atoms with Crippen molar-refractivity contribution >= 4 is 7.92 Å². The van der Waals surface area contributed by atoms with Crippen molar-refractivity contribution in [2.75, 3.05) is 20.0 Å². The van der Waals surface area contributed by atoms with Crippen LogP contribution < -0.4 is 0 Å². The standard InChI is InChI=1S/C7H9N.C3H9P.2CH3.NO.W/c8-6-7-4-2-1-3-5-7;1-4(2)3;;;1-2;/h2,4,7H,1,3,5H2;1-3H3;2*1H3;;/q;;3*-1;/p+1/t7-;;;;;/m0...../s1/i3D;;;;;/t3-,7+;;;;;/m1...... The van der Waals surface area contributed by atoms with Crippen LogP contribution in [-0.4, -0.2) is 20.0 Å². The van der Waals surface area contributed by atoms with Gasteiger partial charge in [0.05, 0.1) is 12.0 Å². The smallest absolute Gasteiger partial charge is 0.0697 e. The van der Waals surface area contributed by atoms with Gasteiger partial charge in [-0.05, 0) is 27.2 Å². The first kappa shape index (κ1) is 25.7. The number of rotatable bonds is 0. The van der Waals surface area contributed by atoms with Crippen molar-refractivity contribution in [3.8, 4) is 6.07 Å². The number of nitriles is 1. The molecule has 0 aromatic heterocycles. The molecule has 0 saturated heterocycles. The fourth-order valence-corrected chi connectivity index (χ4v) is 0.789. The molecule has 0 saturated carbocycles. The zero-order chi connectivity index (χ0) is 12.3. The zero-order valence-corrected chi connectivity index (χ0v) is 15.4. The summed E-state index contributed by atoms with van der Waals surface area (Å²) in [6.07, 6.45) is 5.31. The second kappa shape index (κ2) is 25.0. The third-order valence-electron chi connectivity index (χ3n) is 1.26. The van der Waals surface area contributed by atoms with E-state index in [2.05, 4.69) is 26.1 Å². The Labute approximate surface area is 124 Å². The molecule has 0 unspecified atom stereocenters. The van der Waals surface area contributed by atoms with Crippen molar-refractivity contribution in [3.05, 3.63) is 37.5 Å². The van der Waals surface area contributed by atoms with Crippen molar-refractivity contribution < 1.29 is 22.4 Å². The fraction of sp³-hybridized carbons (Fsp3) is 0.583. The third-order valence-corrected chi connectivity index (χ3v) is 1.26. The Balaban J connectivity index is -0.0000000553. The molecule has 1 rings (SSSR count). The van der Waals surface area contributed by atoms with Gasteiger partial charge in [-0.25, -0.2) is 0 Å². The molecule has 3 nitrogen and oxygen atoms in total. The summed E-state index contributed by atoms with van der Waals surface area (Å²) in [5.74, 6) is 0.00116. The van der Waals surface area contributed by atoms with Crippen LogP contribution >= 0.6 is 7.92 Å². The minimum absolute atomic E-state index is 0. The molecule has 0 aromatic carbocycles. The molecule has 0 aromatic rings. The molecule has 0 radical (unpaired) electrons. The molecular formula is C12H25N2OPW-2. The van der Waals surface area contributed by atoms with Crippen molar-refractivity contribution in [1.29, 1.82) is 5.26 Å². The first-order valence-electron chi connectivity index (χ1n) is 5.07. The molecule has 0 aliphatic heterocycles. The first-order valence-corrected chi connectivity index (χ1v) is 7.49. The van der Waals surface area contributed by atoms with E-state index in [-0.39, 0.29) is 56.2 Å². The quantitative estimate of drug-likeness (QED) is 0.330. The van der Waals surface area contributed by atoms with E-state index in [1.54, 1.807) is 0 Å². The van der Waals surface area contributed by atoms with Gasteiger partial charge in [0.15, 0.2) is 0 Å². The molecule has 0 N–H and O–H groups in total.